The Morgan fingerprint density at radius 1 is 1.03 bits per heavy atom. The lowest BCUT2D eigenvalue weighted by molar-refractivity contribution is -0.133. The van der Waals surface area contributed by atoms with Crippen molar-refractivity contribution in [2.45, 2.75) is 58.0 Å². The molecule has 3 rings (SSSR count). The number of carbonyl (C=O) groups is 2. The minimum Gasteiger partial charge on any atom is -0.493 e. The number of nitrogens with zero attached hydrogens (tertiary/aromatic N) is 1. The summed E-state index contributed by atoms with van der Waals surface area (Å²) in [6.45, 7) is 8.81. The second-order valence-corrected chi connectivity index (χ2v) is 9.33. The summed E-state index contributed by atoms with van der Waals surface area (Å²) >= 11 is 0. The first-order valence-electron chi connectivity index (χ1n) is 11.1. The highest BCUT2D eigenvalue weighted by molar-refractivity contribution is 5.97. The Balaban J connectivity index is 1.70. The van der Waals surface area contributed by atoms with Crippen LogP contribution in [0.4, 0.5) is 0 Å². The number of carbonyl (C=O) groups excluding carboxylic acids is 2. The van der Waals surface area contributed by atoms with E-state index in [-0.39, 0.29) is 23.3 Å². The Hall–Kier alpha value is -3.02. The van der Waals surface area contributed by atoms with Crippen molar-refractivity contribution in [1.82, 2.24) is 10.2 Å². The SMILES string of the molecule is COc1ccc(C2CCCN2C(=O)C(C)NC(=O)c2ccc(C(C)(C)C)cc2)cc1OC. The molecule has 0 aliphatic carbocycles. The van der Waals surface area contributed by atoms with Gasteiger partial charge in [0.2, 0.25) is 5.91 Å². The first kappa shape index (κ1) is 23.6. The van der Waals surface area contributed by atoms with Crippen LogP contribution in [0.25, 0.3) is 0 Å². The summed E-state index contributed by atoms with van der Waals surface area (Å²) in [6, 6.07) is 12.7. The number of methoxy groups -OCH3 is 2. The van der Waals surface area contributed by atoms with Crippen molar-refractivity contribution in [3.8, 4) is 11.5 Å². The van der Waals surface area contributed by atoms with Gasteiger partial charge in [-0.25, -0.2) is 0 Å². The van der Waals surface area contributed by atoms with Crippen molar-refractivity contribution < 1.29 is 19.1 Å². The Morgan fingerprint density at radius 3 is 2.28 bits per heavy atom. The van der Waals surface area contributed by atoms with Gasteiger partial charge in [0.05, 0.1) is 20.3 Å². The van der Waals surface area contributed by atoms with Crippen LogP contribution in [0, 0.1) is 0 Å². The number of benzene rings is 2. The van der Waals surface area contributed by atoms with E-state index in [1.807, 2.05) is 47.4 Å². The van der Waals surface area contributed by atoms with E-state index in [9.17, 15) is 9.59 Å². The average molecular weight is 439 g/mol. The third-order valence-electron chi connectivity index (χ3n) is 6.06. The highest BCUT2D eigenvalue weighted by Crippen LogP contribution is 2.37. The van der Waals surface area contributed by atoms with Crippen molar-refractivity contribution in [3.63, 3.8) is 0 Å². The van der Waals surface area contributed by atoms with Crippen LogP contribution in [-0.4, -0.2) is 43.5 Å². The number of hydrogen-bond donors (Lipinski definition) is 1. The molecule has 0 aromatic heterocycles. The second-order valence-electron chi connectivity index (χ2n) is 9.33. The summed E-state index contributed by atoms with van der Waals surface area (Å²) in [7, 11) is 3.20. The Morgan fingerprint density at radius 2 is 1.69 bits per heavy atom. The summed E-state index contributed by atoms with van der Waals surface area (Å²) < 4.78 is 10.8. The number of rotatable bonds is 6. The number of amides is 2. The first-order valence-corrected chi connectivity index (χ1v) is 11.1. The van der Waals surface area contributed by atoms with Gasteiger partial charge >= 0.3 is 0 Å². The van der Waals surface area contributed by atoms with E-state index in [1.165, 1.54) is 0 Å². The molecule has 0 spiro atoms. The van der Waals surface area contributed by atoms with Gasteiger partial charge in [0, 0.05) is 12.1 Å². The predicted molar refractivity (Wildman–Crippen MR) is 125 cm³/mol. The molecular formula is C26H34N2O4. The van der Waals surface area contributed by atoms with Crippen LogP contribution in [0.15, 0.2) is 42.5 Å². The van der Waals surface area contributed by atoms with E-state index in [4.69, 9.17) is 9.47 Å². The van der Waals surface area contributed by atoms with Crippen molar-refractivity contribution >= 4 is 11.8 Å². The van der Waals surface area contributed by atoms with Crippen LogP contribution in [0.5, 0.6) is 11.5 Å². The molecule has 6 heteroatoms. The van der Waals surface area contributed by atoms with Crippen LogP contribution in [0.2, 0.25) is 0 Å². The van der Waals surface area contributed by atoms with Crippen LogP contribution < -0.4 is 14.8 Å². The topological polar surface area (TPSA) is 67.9 Å². The minimum atomic E-state index is -0.620. The van der Waals surface area contributed by atoms with Gasteiger partial charge in [0.15, 0.2) is 11.5 Å². The summed E-state index contributed by atoms with van der Waals surface area (Å²) in [5.74, 6) is 0.977. The van der Waals surface area contributed by atoms with E-state index >= 15 is 0 Å². The number of likely N-dealkylation sites (tertiary alicyclic amines) is 1. The molecule has 2 aromatic carbocycles. The monoisotopic (exact) mass is 438 g/mol. The molecular weight excluding hydrogens is 404 g/mol. The number of ether oxygens (including phenoxy) is 2. The standard InChI is InChI=1S/C26H34N2O4/c1-17(27-24(29)18-9-12-20(13-10-18)26(2,3)4)25(30)28-15-7-8-21(28)19-11-14-22(31-5)23(16-19)32-6/h9-14,16-17,21H,7-8,15H2,1-6H3,(H,27,29). The fraction of sp³-hybridized carbons (Fsp3) is 0.462. The number of nitrogens with one attached hydrogen (secondary N) is 1. The summed E-state index contributed by atoms with van der Waals surface area (Å²) in [5.41, 5.74) is 2.74. The zero-order valence-corrected chi connectivity index (χ0v) is 19.9. The van der Waals surface area contributed by atoms with Gasteiger partial charge in [-0.2, -0.15) is 0 Å². The van der Waals surface area contributed by atoms with E-state index in [0.717, 1.165) is 24.0 Å². The summed E-state index contributed by atoms with van der Waals surface area (Å²) in [4.78, 5) is 27.8. The molecule has 6 nitrogen and oxygen atoms in total. The molecule has 0 saturated carbocycles. The molecule has 2 unspecified atom stereocenters. The molecule has 0 bridgehead atoms. The lowest BCUT2D eigenvalue weighted by Crippen LogP contribution is -2.46. The lowest BCUT2D eigenvalue weighted by Gasteiger charge is -2.28. The third kappa shape index (κ3) is 5.06. The van der Waals surface area contributed by atoms with Crippen molar-refractivity contribution in [1.29, 1.82) is 0 Å². The van der Waals surface area contributed by atoms with Gasteiger partial charge in [-0.1, -0.05) is 39.0 Å². The molecule has 1 saturated heterocycles. The Bertz CT molecular complexity index is 963. The van der Waals surface area contributed by atoms with Crippen LogP contribution in [0.3, 0.4) is 0 Å². The fourth-order valence-corrected chi connectivity index (χ4v) is 4.15. The summed E-state index contributed by atoms with van der Waals surface area (Å²) in [6.07, 6.45) is 1.79. The molecule has 1 fully saturated rings. The normalized spacial score (nSPS) is 17.1. The van der Waals surface area contributed by atoms with Crippen LogP contribution in [-0.2, 0) is 10.2 Å². The van der Waals surface area contributed by atoms with Gasteiger partial charge in [0.25, 0.3) is 5.91 Å². The predicted octanol–water partition coefficient (Wildman–Crippen LogP) is 4.48. The van der Waals surface area contributed by atoms with Gasteiger partial charge in [-0.3, -0.25) is 9.59 Å². The van der Waals surface area contributed by atoms with E-state index in [0.29, 0.717) is 23.6 Å². The van der Waals surface area contributed by atoms with E-state index in [1.54, 1.807) is 21.1 Å². The fourth-order valence-electron chi connectivity index (χ4n) is 4.15. The molecule has 1 heterocycles. The van der Waals surface area contributed by atoms with Gasteiger partial charge in [-0.05, 0) is 60.6 Å². The highest BCUT2D eigenvalue weighted by Gasteiger charge is 2.33. The van der Waals surface area contributed by atoms with Crippen molar-refractivity contribution in [3.05, 3.63) is 59.2 Å². The lowest BCUT2D eigenvalue weighted by atomic mass is 9.86. The average Bonchev–Trinajstić information content (AvgIpc) is 3.27. The molecule has 1 aliphatic heterocycles. The molecule has 1 aliphatic rings. The van der Waals surface area contributed by atoms with Gasteiger partial charge in [-0.15, -0.1) is 0 Å². The maximum atomic E-state index is 13.2. The molecule has 2 atom stereocenters. The molecule has 0 radical (unpaired) electrons. The molecule has 172 valence electrons. The van der Waals surface area contributed by atoms with Gasteiger partial charge < -0.3 is 19.7 Å². The summed E-state index contributed by atoms with van der Waals surface area (Å²) in [5, 5.41) is 2.87. The minimum absolute atomic E-state index is 0.0210. The van der Waals surface area contributed by atoms with Crippen LogP contribution in [0.1, 0.15) is 68.1 Å². The Labute approximate surface area is 190 Å². The second kappa shape index (κ2) is 9.63. The maximum Gasteiger partial charge on any atom is 0.251 e. The van der Waals surface area contributed by atoms with Crippen LogP contribution >= 0.6 is 0 Å². The van der Waals surface area contributed by atoms with E-state index in [2.05, 4.69) is 26.1 Å². The number of hydrogen-bond acceptors (Lipinski definition) is 4. The molecule has 2 aromatic rings. The van der Waals surface area contributed by atoms with Crippen molar-refractivity contribution in [2.75, 3.05) is 20.8 Å². The van der Waals surface area contributed by atoms with Crippen molar-refractivity contribution in [2.24, 2.45) is 0 Å². The van der Waals surface area contributed by atoms with Gasteiger partial charge in [0.1, 0.15) is 6.04 Å². The molecule has 2 amide bonds. The van der Waals surface area contributed by atoms with E-state index < -0.39 is 6.04 Å². The quantitative estimate of drug-likeness (QED) is 0.722. The highest BCUT2D eigenvalue weighted by atomic mass is 16.5. The smallest absolute Gasteiger partial charge is 0.251 e. The maximum absolute atomic E-state index is 13.2. The Kier molecular flexibility index (Phi) is 7.12. The molecule has 1 N–H and O–H groups in total. The largest absolute Gasteiger partial charge is 0.493 e. The third-order valence-corrected chi connectivity index (χ3v) is 6.06. The molecule has 32 heavy (non-hydrogen) atoms. The zero-order valence-electron chi connectivity index (χ0n) is 19.9. The first-order chi connectivity index (χ1) is 15.2. The zero-order chi connectivity index (χ0) is 23.5.